The molecule has 3 aliphatic carbocycles. The van der Waals surface area contributed by atoms with E-state index in [9.17, 15) is 18.7 Å². The molecule has 3 fully saturated rings. The van der Waals surface area contributed by atoms with Crippen LogP contribution in [0.3, 0.4) is 0 Å². The summed E-state index contributed by atoms with van der Waals surface area (Å²) in [5.41, 5.74) is 0.0476. The highest BCUT2D eigenvalue weighted by atomic mass is 19.3. The van der Waals surface area contributed by atoms with Gasteiger partial charge in [0.05, 0.1) is 0 Å². The lowest BCUT2D eigenvalue weighted by Gasteiger charge is -2.53. The number of hydrogen-bond donors (Lipinski definition) is 1. The molecule has 148 valence electrons. The van der Waals surface area contributed by atoms with E-state index < -0.39 is 6.08 Å². The fourth-order valence-electron chi connectivity index (χ4n) is 6.29. The summed E-state index contributed by atoms with van der Waals surface area (Å²) >= 11 is 0. The molecule has 6 unspecified atom stereocenters. The second-order valence-corrected chi connectivity index (χ2v) is 9.25. The Kier molecular flexibility index (Phi) is 5.49. The van der Waals surface area contributed by atoms with Gasteiger partial charge >= 0.3 is 5.97 Å². The second-order valence-electron chi connectivity index (χ2n) is 9.25. The minimum absolute atomic E-state index is 0.00649. The molecular weight excluding hydrogens is 338 g/mol. The average molecular weight is 370 g/mol. The number of carbonyl (C=O) groups is 1. The van der Waals surface area contributed by atoms with E-state index in [2.05, 4.69) is 6.92 Å². The van der Waals surface area contributed by atoms with Crippen LogP contribution >= 0.6 is 0 Å². The van der Waals surface area contributed by atoms with Crippen LogP contribution in [-0.2, 0) is 9.53 Å². The monoisotopic (exact) mass is 370 g/mol. The molecule has 0 saturated heterocycles. The van der Waals surface area contributed by atoms with Crippen LogP contribution in [0.5, 0.6) is 0 Å². The van der Waals surface area contributed by atoms with Crippen LogP contribution in [0.4, 0.5) is 8.78 Å². The first-order valence-electron chi connectivity index (χ1n) is 10.0. The van der Waals surface area contributed by atoms with Crippen molar-refractivity contribution in [2.45, 2.75) is 78.2 Å². The van der Waals surface area contributed by atoms with Crippen molar-refractivity contribution in [1.29, 1.82) is 0 Å². The van der Waals surface area contributed by atoms with Gasteiger partial charge in [-0.1, -0.05) is 13.8 Å². The van der Waals surface area contributed by atoms with E-state index >= 15 is 0 Å². The molecule has 0 radical (unpaired) electrons. The normalized spacial score (nSPS) is 43.1. The molecule has 0 spiro atoms. The van der Waals surface area contributed by atoms with Gasteiger partial charge in [0, 0.05) is 19.1 Å². The molecule has 6 atom stereocenters. The first-order chi connectivity index (χ1) is 12.2. The number of halogens is 2. The summed E-state index contributed by atoms with van der Waals surface area (Å²) in [5.74, 6) is 0.602. The van der Waals surface area contributed by atoms with Crippen molar-refractivity contribution in [3.8, 4) is 0 Å². The van der Waals surface area contributed by atoms with Crippen LogP contribution in [-0.4, -0.2) is 23.8 Å². The van der Waals surface area contributed by atoms with E-state index in [0.717, 1.165) is 38.5 Å². The smallest absolute Gasteiger partial charge is 0.302 e. The molecular formula is C21H32F2O3. The highest BCUT2D eigenvalue weighted by Gasteiger charge is 2.53. The third-order valence-electron chi connectivity index (χ3n) is 8.11. The quantitative estimate of drug-likeness (QED) is 0.705. The molecule has 3 aliphatic rings. The van der Waals surface area contributed by atoms with E-state index in [0.29, 0.717) is 30.3 Å². The Bertz CT molecular complexity index is 586. The number of hydrogen-bond acceptors (Lipinski definition) is 3. The summed E-state index contributed by atoms with van der Waals surface area (Å²) in [6, 6.07) is 0. The molecule has 3 nitrogen and oxygen atoms in total. The maximum atomic E-state index is 13.4. The predicted molar refractivity (Wildman–Crippen MR) is 95.5 cm³/mol. The minimum Gasteiger partial charge on any atom is -0.463 e. The standard InChI is InChI=1S/C21H32F2O3/c1-13(25)26-17-7-9-20(2,16(11-17)12-24)15-6-8-21(3)14(10-15)4-5-18(21)19(22)23/h14-17,24H,4-12H2,1-3H3. The molecule has 0 bridgehead atoms. The Labute approximate surface area is 155 Å². The van der Waals surface area contributed by atoms with E-state index in [-0.39, 0.29) is 35.4 Å². The van der Waals surface area contributed by atoms with Crippen LogP contribution in [0.1, 0.15) is 72.1 Å². The summed E-state index contributed by atoms with van der Waals surface area (Å²) in [6.07, 6.45) is 5.00. The highest BCUT2D eigenvalue weighted by Crippen LogP contribution is 2.62. The number of carbonyl (C=O) groups excluding carboxylic acids is 1. The first kappa shape index (κ1) is 19.8. The summed E-state index contributed by atoms with van der Waals surface area (Å²) in [4.78, 5) is 11.3. The van der Waals surface area contributed by atoms with Gasteiger partial charge in [0.25, 0.3) is 6.08 Å². The number of aliphatic hydroxyl groups is 1. The van der Waals surface area contributed by atoms with Crippen molar-refractivity contribution < 1.29 is 23.4 Å². The Morgan fingerprint density at radius 1 is 1.15 bits per heavy atom. The van der Waals surface area contributed by atoms with Crippen molar-refractivity contribution in [1.82, 2.24) is 0 Å². The molecule has 5 heteroatoms. The van der Waals surface area contributed by atoms with Crippen LogP contribution in [0, 0.1) is 28.6 Å². The summed E-state index contributed by atoms with van der Waals surface area (Å²) < 4.78 is 32.1. The zero-order chi connectivity index (χ0) is 19.1. The van der Waals surface area contributed by atoms with Gasteiger partial charge in [-0.3, -0.25) is 4.79 Å². The number of ether oxygens (including phenoxy) is 1. The number of allylic oxidation sites excluding steroid dienone is 1. The third kappa shape index (κ3) is 3.32. The van der Waals surface area contributed by atoms with Gasteiger partial charge in [0.15, 0.2) is 0 Å². The van der Waals surface area contributed by atoms with Gasteiger partial charge in [0.1, 0.15) is 6.10 Å². The van der Waals surface area contributed by atoms with Gasteiger partial charge < -0.3 is 9.84 Å². The first-order valence-corrected chi connectivity index (χ1v) is 10.0. The average Bonchev–Trinajstić information content (AvgIpc) is 2.92. The molecule has 0 amide bonds. The maximum Gasteiger partial charge on any atom is 0.302 e. The van der Waals surface area contributed by atoms with Crippen molar-refractivity contribution in [3.05, 3.63) is 11.7 Å². The molecule has 0 aliphatic heterocycles. The number of rotatable bonds is 3. The van der Waals surface area contributed by atoms with Crippen molar-refractivity contribution in [2.24, 2.45) is 28.6 Å². The minimum atomic E-state index is -1.46. The summed E-state index contributed by atoms with van der Waals surface area (Å²) in [5, 5.41) is 10.0. The predicted octanol–water partition coefficient (Wildman–Crippen LogP) is 5.08. The molecule has 26 heavy (non-hydrogen) atoms. The van der Waals surface area contributed by atoms with Crippen molar-refractivity contribution in [3.63, 3.8) is 0 Å². The fraction of sp³-hybridized carbons (Fsp3) is 0.857. The lowest BCUT2D eigenvalue weighted by atomic mass is 9.53. The zero-order valence-corrected chi connectivity index (χ0v) is 16.2. The largest absolute Gasteiger partial charge is 0.463 e. The van der Waals surface area contributed by atoms with Crippen LogP contribution in [0.2, 0.25) is 0 Å². The Morgan fingerprint density at radius 2 is 1.88 bits per heavy atom. The third-order valence-corrected chi connectivity index (χ3v) is 8.11. The summed E-state index contributed by atoms with van der Waals surface area (Å²) in [7, 11) is 0. The van der Waals surface area contributed by atoms with Crippen molar-refractivity contribution >= 4 is 5.97 Å². The van der Waals surface area contributed by atoms with Gasteiger partial charge in [-0.05, 0) is 80.0 Å². The van der Waals surface area contributed by atoms with Crippen LogP contribution in [0.25, 0.3) is 0 Å². The Balaban J connectivity index is 1.74. The van der Waals surface area contributed by atoms with Crippen molar-refractivity contribution in [2.75, 3.05) is 6.61 Å². The molecule has 0 heterocycles. The van der Waals surface area contributed by atoms with Crippen LogP contribution in [0.15, 0.2) is 11.7 Å². The molecule has 0 aromatic carbocycles. The lowest BCUT2D eigenvalue weighted by Crippen LogP contribution is -2.47. The van der Waals surface area contributed by atoms with Crippen LogP contribution < -0.4 is 0 Å². The summed E-state index contributed by atoms with van der Waals surface area (Å²) in [6.45, 7) is 5.81. The highest BCUT2D eigenvalue weighted by molar-refractivity contribution is 5.66. The molecule has 3 saturated carbocycles. The number of esters is 1. The Hall–Kier alpha value is -0.970. The second kappa shape index (κ2) is 7.21. The lowest BCUT2D eigenvalue weighted by molar-refractivity contribution is -0.153. The van der Waals surface area contributed by atoms with E-state index in [1.165, 1.54) is 6.92 Å². The van der Waals surface area contributed by atoms with Gasteiger partial charge in [-0.2, -0.15) is 8.78 Å². The topological polar surface area (TPSA) is 46.5 Å². The Morgan fingerprint density at radius 3 is 2.50 bits per heavy atom. The van der Waals surface area contributed by atoms with E-state index in [1.807, 2.05) is 6.92 Å². The number of aliphatic hydroxyl groups excluding tert-OH is 1. The number of fused-ring (bicyclic) bond motifs is 1. The van der Waals surface area contributed by atoms with Gasteiger partial charge in [0.2, 0.25) is 0 Å². The van der Waals surface area contributed by atoms with E-state index in [1.54, 1.807) is 0 Å². The van der Waals surface area contributed by atoms with E-state index in [4.69, 9.17) is 4.74 Å². The maximum absolute atomic E-state index is 13.4. The fourth-order valence-corrected chi connectivity index (χ4v) is 6.29. The molecule has 0 aromatic heterocycles. The molecule has 3 rings (SSSR count). The molecule has 0 aromatic rings. The van der Waals surface area contributed by atoms with Gasteiger partial charge in [-0.25, -0.2) is 0 Å². The van der Waals surface area contributed by atoms with Gasteiger partial charge in [-0.15, -0.1) is 0 Å². The zero-order valence-electron chi connectivity index (χ0n) is 16.2. The SMILES string of the molecule is CC(=O)OC1CCC(C)(C2CCC3(C)C(=C(F)F)CCC3C2)C(CO)C1. The molecule has 1 N–H and O–H groups in total.